The number of nitrogens with zero attached hydrogens (tertiary/aromatic N) is 3. The van der Waals surface area contributed by atoms with E-state index in [1.807, 2.05) is 62.4 Å². The molecule has 2 aromatic carbocycles. The van der Waals surface area contributed by atoms with E-state index in [0.29, 0.717) is 0 Å². The quantitative estimate of drug-likeness (QED) is 0.867. The number of benzene rings is 2. The van der Waals surface area contributed by atoms with E-state index in [9.17, 15) is 10.1 Å². The van der Waals surface area contributed by atoms with Gasteiger partial charge in [0.2, 0.25) is 5.91 Å². The fourth-order valence-electron chi connectivity index (χ4n) is 3.62. The Balaban J connectivity index is 1.57. The van der Waals surface area contributed by atoms with Crippen LogP contribution >= 0.6 is 0 Å². The Kier molecular flexibility index (Phi) is 6.45. The fraction of sp³-hybridized carbons (Fsp3) is 0.391. The van der Waals surface area contributed by atoms with Crippen molar-refractivity contribution in [1.29, 1.82) is 5.26 Å². The number of nitrogens with one attached hydrogen (secondary N) is 1. The number of hydrogen-bond acceptors (Lipinski definition) is 4. The number of rotatable bonds is 5. The first-order valence-electron chi connectivity index (χ1n) is 9.80. The summed E-state index contributed by atoms with van der Waals surface area (Å²) < 4.78 is 0. The molecule has 0 bridgehead atoms. The molecule has 0 aromatic heterocycles. The van der Waals surface area contributed by atoms with Crippen molar-refractivity contribution in [2.24, 2.45) is 0 Å². The van der Waals surface area contributed by atoms with Crippen LogP contribution in [0.15, 0.2) is 48.5 Å². The third kappa shape index (κ3) is 4.59. The van der Waals surface area contributed by atoms with Crippen LogP contribution in [0.1, 0.15) is 29.7 Å². The van der Waals surface area contributed by atoms with Crippen LogP contribution in [0, 0.1) is 25.2 Å². The number of hydrogen-bond donors (Lipinski definition) is 1. The molecule has 1 fully saturated rings. The van der Waals surface area contributed by atoms with Gasteiger partial charge < -0.3 is 5.32 Å². The molecule has 146 valence electrons. The van der Waals surface area contributed by atoms with Gasteiger partial charge in [0.05, 0.1) is 12.1 Å². The van der Waals surface area contributed by atoms with Crippen LogP contribution < -0.4 is 5.32 Å². The molecule has 5 nitrogen and oxygen atoms in total. The minimum absolute atomic E-state index is 0.0107. The number of piperazine rings is 1. The lowest BCUT2D eigenvalue weighted by molar-refractivity contribution is -0.121. The van der Waals surface area contributed by atoms with Crippen LogP contribution in [0.25, 0.3) is 0 Å². The summed E-state index contributed by atoms with van der Waals surface area (Å²) in [6.45, 7) is 9.14. The summed E-state index contributed by atoms with van der Waals surface area (Å²) in [6.07, 6.45) is 0. The molecule has 0 radical (unpaired) electrons. The van der Waals surface area contributed by atoms with E-state index in [-0.39, 0.29) is 18.0 Å². The van der Waals surface area contributed by atoms with Crippen LogP contribution in [0.2, 0.25) is 0 Å². The van der Waals surface area contributed by atoms with Gasteiger partial charge in [0.1, 0.15) is 6.04 Å². The number of carbonyl (C=O) groups is 1. The molecular formula is C23H28N4O. The lowest BCUT2D eigenvalue weighted by Gasteiger charge is -2.39. The average molecular weight is 377 g/mol. The molecule has 2 unspecified atom stereocenters. The second-order valence-electron chi connectivity index (χ2n) is 7.48. The molecular weight excluding hydrogens is 348 g/mol. The second-order valence-corrected chi connectivity index (χ2v) is 7.48. The Bertz CT molecular complexity index is 851. The van der Waals surface area contributed by atoms with Gasteiger partial charge in [-0.15, -0.1) is 0 Å². The summed E-state index contributed by atoms with van der Waals surface area (Å²) in [5.74, 6) is 0.0107. The first-order valence-corrected chi connectivity index (χ1v) is 9.80. The molecule has 3 rings (SSSR count). The summed E-state index contributed by atoms with van der Waals surface area (Å²) in [4.78, 5) is 17.1. The highest BCUT2D eigenvalue weighted by molar-refractivity contribution is 5.94. The summed E-state index contributed by atoms with van der Waals surface area (Å²) in [5.41, 5.74) is 4.25. The monoisotopic (exact) mass is 376 g/mol. The number of amides is 1. The molecule has 0 saturated carbocycles. The summed E-state index contributed by atoms with van der Waals surface area (Å²) in [7, 11) is 0. The van der Waals surface area contributed by atoms with Gasteiger partial charge in [0, 0.05) is 31.9 Å². The molecule has 1 amide bonds. The molecule has 0 spiro atoms. The van der Waals surface area contributed by atoms with E-state index in [4.69, 9.17) is 0 Å². The Morgan fingerprint density at radius 3 is 2.25 bits per heavy atom. The third-order valence-corrected chi connectivity index (χ3v) is 5.65. The van der Waals surface area contributed by atoms with Crippen molar-refractivity contribution < 1.29 is 4.79 Å². The van der Waals surface area contributed by atoms with E-state index in [2.05, 4.69) is 28.1 Å². The van der Waals surface area contributed by atoms with Crippen molar-refractivity contribution in [3.05, 3.63) is 65.2 Å². The average Bonchev–Trinajstić information content (AvgIpc) is 2.72. The topological polar surface area (TPSA) is 59.4 Å². The summed E-state index contributed by atoms with van der Waals surface area (Å²) in [5, 5.41) is 12.7. The maximum Gasteiger partial charge on any atom is 0.241 e. The summed E-state index contributed by atoms with van der Waals surface area (Å²) in [6, 6.07) is 17.9. The molecule has 28 heavy (non-hydrogen) atoms. The van der Waals surface area contributed by atoms with Crippen LogP contribution in [0.4, 0.5) is 5.69 Å². The molecule has 1 aliphatic heterocycles. The fourth-order valence-corrected chi connectivity index (χ4v) is 3.62. The van der Waals surface area contributed by atoms with Gasteiger partial charge in [-0.25, -0.2) is 0 Å². The zero-order valence-electron chi connectivity index (χ0n) is 16.9. The van der Waals surface area contributed by atoms with E-state index in [0.717, 1.165) is 37.4 Å². The van der Waals surface area contributed by atoms with Gasteiger partial charge in [0.25, 0.3) is 0 Å². The van der Waals surface area contributed by atoms with E-state index in [1.54, 1.807) is 0 Å². The second kappa shape index (κ2) is 9.01. The van der Waals surface area contributed by atoms with Crippen LogP contribution in [0.3, 0.4) is 0 Å². The Hall–Kier alpha value is -2.68. The van der Waals surface area contributed by atoms with Crippen molar-refractivity contribution in [3.8, 4) is 6.07 Å². The Morgan fingerprint density at radius 1 is 1.00 bits per heavy atom. The minimum atomic E-state index is -0.233. The van der Waals surface area contributed by atoms with Crippen molar-refractivity contribution in [2.45, 2.75) is 32.9 Å². The van der Waals surface area contributed by atoms with Gasteiger partial charge in [-0.3, -0.25) is 14.6 Å². The van der Waals surface area contributed by atoms with Crippen LogP contribution in [-0.4, -0.2) is 47.9 Å². The minimum Gasteiger partial charge on any atom is -0.325 e. The predicted molar refractivity (Wildman–Crippen MR) is 112 cm³/mol. The van der Waals surface area contributed by atoms with Crippen LogP contribution in [0.5, 0.6) is 0 Å². The number of aryl methyl sites for hydroxylation is 2. The normalized spacial score (nSPS) is 17.5. The standard InChI is InChI=1S/C23H28N4O/c1-17-9-10-21(15-18(17)2)25-23(28)19(3)26-11-13-27(14-12-26)22(16-24)20-7-5-4-6-8-20/h4-10,15,19,22H,11-14H2,1-3H3,(H,25,28). The van der Waals surface area contributed by atoms with Crippen molar-refractivity contribution in [3.63, 3.8) is 0 Å². The number of nitriles is 1. The number of anilines is 1. The first-order chi connectivity index (χ1) is 13.5. The zero-order chi connectivity index (χ0) is 20.1. The highest BCUT2D eigenvalue weighted by Crippen LogP contribution is 2.22. The van der Waals surface area contributed by atoms with E-state index < -0.39 is 0 Å². The van der Waals surface area contributed by atoms with Gasteiger partial charge in [-0.1, -0.05) is 36.4 Å². The molecule has 0 aliphatic carbocycles. The lowest BCUT2D eigenvalue weighted by atomic mass is 10.1. The Labute approximate surface area is 167 Å². The van der Waals surface area contributed by atoms with Crippen molar-refractivity contribution in [1.82, 2.24) is 9.80 Å². The van der Waals surface area contributed by atoms with Gasteiger partial charge in [-0.2, -0.15) is 5.26 Å². The third-order valence-electron chi connectivity index (χ3n) is 5.65. The molecule has 2 atom stereocenters. The van der Waals surface area contributed by atoms with Gasteiger partial charge in [0.15, 0.2) is 0 Å². The highest BCUT2D eigenvalue weighted by atomic mass is 16.2. The summed E-state index contributed by atoms with van der Waals surface area (Å²) >= 11 is 0. The maximum atomic E-state index is 12.7. The largest absolute Gasteiger partial charge is 0.325 e. The SMILES string of the molecule is Cc1ccc(NC(=O)C(C)N2CCN(C(C#N)c3ccccc3)CC2)cc1C. The molecule has 2 aromatic rings. The van der Waals surface area contributed by atoms with Crippen molar-refractivity contribution >= 4 is 11.6 Å². The molecule has 5 heteroatoms. The van der Waals surface area contributed by atoms with Crippen LogP contribution in [-0.2, 0) is 4.79 Å². The molecule has 1 saturated heterocycles. The van der Waals surface area contributed by atoms with E-state index >= 15 is 0 Å². The first kappa shape index (κ1) is 20.1. The predicted octanol–water partition coefficient (Wildman–Crippen LogP) is 3.51. The maximum absolute atomic E-state index is 12.7. The van der Waals surface area contributed by atoms with Gasteiger partial charge >= 0.3 is 0 Å². The Morgan fingerprint density at radius 2 is 1.64 bits per heavy atom. The molecule has 1 heterocycles. The van der Waals surface area contributed by atoms with Crippen molar-refractivity contribution in [2.75, 3.05) is 31.5 Å². The zero-order valence-corrected chi connectivity index (χ0v) is 16.9. The lowest BCUT2D eigenvalue weighted by Crippen LogP contribution is -2.53. The van der Waals surface area contributed by atoms with E-state index in [1.165, 1.54) is 11.1 Å². The molecule has 1 N–H and O–H groups in total. The number of carbonyl (C=O) groups excluding carboxylic acids is 1. The van der Waals surface area contributed by atoms with Gasteiger partial charge in [-0.05, 0) is 49.6 Å². The molecule has 1 aliphatic rings. The highest BCUT2D eigenvalue weighted by Gasteiger charge is 2.29. The smallest absolute Gasteiger partial charge is 0.241 e.